The summed E-state index contributed by atoms with van der Waals surface area (Å²) in [6.45, 7) is 7.52. The van der Waals surface area contributed by atoms with Crippen LogP contribution in [0.4, 0.5) is 5.69 Å². The lowest BCUT2D eigenvalue weighted by Gasteiger charge is -2.20. The van der Waals surface area contributed by atoms with E-state index >= 15 is 0 Å². The second kappa shape index (κ2) is 8.56. The number of nitrogens with zero attached hydrogens (tertiary/aromatic N) is 3. The van der Waals surface area contributed by atoms with Crippen LogP contribution in [0.25, 0.3) is 0 Å². The molecule has 0 aliphatic heterocycles. The molecule has 24 heavy (non-hydrogen) atoms. The maximum atomic E-state index is 12.4. The zero-order chi connectivity index (χ0) is 17.5. The molecule has 1 amide bonds. The van der Waals surface area contributed by atoms with Crippen molar-refractivity contribution in [1.82, 2.24) is 15.0 Å². The zero-order valence-corrected chi connectivity index (χ0v) is 14.6. The average molecular weight is 332 g/mol. The van der Waals surface area contributed by atoms with E-state index in [0.717, 1.165) is 16.8 Å². The summed E-state index contributed by atoms with van der Waals surface area (Å²) in [6, 6.07) is 5.86. The molecule has 1 aromatic heterocycles. The van der Waals surface area contributed by atoms with E-state index in [-0.39, 0.29) is 12.5 Å². The largest absolute Gasteiger partial charge is 0.383 e. The molecule has 7 nitrogen and oxygen atoms in total. The van der Waals surface area contributed by atoms with Gasteiger partial charge in [0, 0.05) is 19.3 Å². The van der Waals surface area contributed by atoms with Crippen molar-refractivity contribution >= 4 is 11.6 Å². The van der Waals surface area contributed by atoms with Gasteiger partial charge in [-0.25, -0.2) is 0 Å². The predicted octanol–water partition coefficient (Wildman–Crippen LogP) is 2.08. The van der Waals surface area contributed by atoms with E-state index in [1.165, 1.54) is 0 Å². The first-order valence-corrected chi connectivity index (χ1v) is 7.86. The number of anilines is 1. The van der Waals surface area contributed by atoms with Crippen LogP contribution in [0.3, 0.4) is 0 Å². The van der Waals surface area contributed by atoms with Crippen LogP contribution < -0.4 is 5.32 Å². The van der Waals surface area contributed by atoms with E-state index in [0.29, 0.717) is 31.4 Å². The van der Waals surface area contributed by atoms with Gasteiger partial charge in [-0.1, -0.05) is 17.3 Å². The molecule has 1 heterocycles. The number of hydrogen-bond acceptors (Lipinski definition) is 6. The number of nitrogens with one attached hydrogen (secondary N) is 1. The summed E-state index contributed by atoms with van der Waals surface area (Å²) < 4.78 is 10.2. The van der Waals surface area contributed by atoms with Gasteiger partial charge < -0.3 is 14.6 Å². The minimum Gasteiger partial charge on any atom is -0.383 e. The average Bonchev–Trinajstić information content (AvgIpc) is 2.94. The first-order chi connectivity index (χ1) is 11.5. The molecule has 1 aromatic carbocycles. The van der Waals surface area contributed by atoms with Crippen molar-refractivity contribution in [2.45, 2.75) is 27.3 Å². The standard InChI is InChI=1S/C17H24N4O3/c1-12-6-5-7-15(13(12)2)19-16(22)10-21(8-9-23-4)11-17-18-14(3)20-24-17/h5-7H,8-11H2,1-4H3,(H,19,22). The Bertz CT molecular complexity index is 684. The van der Waals surface area contributed by atoms with E-state index in [2.05, 4.69) is 15.5 Å². The van der Waals surface area contributed by atoms with Crippen molar-refractivity contribution in [3.8, 4) is 0 Å². The Hall–Kier alpha value is -2.25. The molecule has 0 atom stereocenters. The van der Waals surface area contributed by atoms with Crippen LogP contribution in [0.1, 0.15) is 22.8 Å². The van der Waals surface area contributed by atoms with E-state index < -0.39 is 0 Å². The molecule has 0 unspecified atom stereocenters. The summed E-state index contributed by atoms with van der Waals surface area (Å²) in [5.74, 6) is 0.982. The van der Waals surface area contributed by atoms with Gasteiger partial charge in [-0.3, -0.25) is 9.69 Å². The third-order valence-corrected chi connectivity index (χ3v) is 3.79. The highest BCUT2D eigenvalue weighted by Crippen LogP contribution is 2.17. The van der Waals surface area contributed by atoms with Gasteiger partial charge in [-0.2, -0.15) is 4.98 Å². The first-order valence-electron chi connectivity index (χ1n) is 7.86. The van der Waals surface area contributed by atoms with Crippen LogP contribution in [0.2, 0.25) is 0 Å². The Morgan fingerprint density at radius 1 is 1.33 bits per heavy atom. The zero-order valence-electron chi connectivity index (χ0n) is 14.6. The number of ether oxygens (including phenoxy) is 1. The number of carbonyl (C=O) groups excluding carboxylic acids is 1. The quantitative estimate of drug-likeness (QED) is 0.797. The van der Waals surface area contributed by atoms with Crippen molar-refractivity contribution in [1.29, 1.82) is 0 Å². The molecule has 130 valence electrons. The molecule has 2 aromatic rings. The second-order valence-corrected chi connectivity index (χ2v) is 5.73. The third-order valence-electron chi connectivity index (χ3n) is 3.79. The number of methoxy groups -OCH3 is 1. The summed E-state index contributed by atoms with van der Waals surface area (Å²) in [6.07, 6.45) is 0. The molecule has 0 radical (unpaired) electrons. The minimum atomic E-state index is -0.0870. The maximum absolute atomic E-state index is 12.4. The van der Waals surface area contributed by atoms with Crippen molar-refractivity contribution < 1.29 is 14.1 Å². The summed E-state index contributed by atoms with van der Waals surface area (Å²) >= 11 is 0. The first kappa shape index (κ1) is 18.1. The van der Waals surface area contributed by atoms with Gasteiger partial charge in [-0.15, -0.1) is 0 Å². The second-order valence-electron chi connectivity index (χ2n) is 5.73. The maximum Gasteiger partial charge on any atom is 0.240 e. The van der Waals surface area contributed by atoms with Gasteiger partial charge in [-0.05, 0) is 38.0 Å². The Labute approximate surface area is 142 Å². The number of hydrogen-bond donors (Lipinski definition) is 1. The van der Waals surface area contributed by atoms with Crippen LogP contribution in [-0.4, -0.2) is 47.8 Å². The normalized spacial score (nSPS) is 11.0. The van der Waals surface area contributed by atoms with Gasteiger partial charge in [0.25, 0.3) is 0 Å². The Morgan fingerprint density at radius 3 is 2.79 bits per heavy atom. The fourth-order valence-electron chi connectivity index (χ4n) is 2.31. The number of carbonyl (C=O) groups is 1. The highest BCUT2D eigenvalue weighted by molar-refractivity contribution is 5.93. The molecule has 0 spiro atoms. The van der Waals surface area contributed by atoms with Crippen LogP contribution in [0, 0.1) is 20.8 Å². The molecule has 1 N–H and O–H groups in total. The molecule has 0 aliphatic carbocycles. The number of aryl methyl sites for hydroxylation is 2. The van der Waals surface area contributed by atoms with Gasteiger partial charge in [0.1, 0.15) is 0 Å². The van der Waals surface area contributed by atoms with Crippen molar-refractivity contribution in [3.63, 3.8) is 0 Å². The highest BCUT2D eigenvalue weighted by Gasteiger charge is 2.15. The smallest absolute Gasteiger partial charge is 0.240 e. The molecule has 7 heteroatoms. The number of benzene rings is 1. The highest BCUT2D eigenvalue weighted by atomic mass is 16.5. The van der Waals surface area contributed by atoms with E-state index in [9.17, 15) is 4.79 Å². The lowest BCUT2D eigenvalue weighted by Crippen LogP contribution is -2.35. The summed E-state index contributed by atoms with van der Waals surface area (Å²) in [7, 11) is 1.63. The van der Waals surface area contributed by atoms with Crippen LogP contribution in [0.5, 0.6) is 0 Å². The molecular formula is C17H24N4O3. The molecule has 0 aliphatic rings. The van der Waals surface area contributed by atoms with Crippen LogP contribution in [-0.2, 0) is 16.1 Å². The molecular weight excluding hydrogens is 308 g/mol. The van der Waals surface area contributed by atoms with Crippen molar-refractivity contribution in [2.24, 2.45) is 0 Å². The van der Waals surface area contributed by atoms with Crippen molar-refractivity contribution in [2.75, 3.05) is 32.1 Å². The summed E-state index contributed by atoms with van der Waals surface area (Å²) in [5.41, 5.74) is 3.05. The SMILES string of the molecule is COCCN(CC(=O)Nc1cccc(C)c1C)Cc1nc(C)no1. The van der Waals surface area contributed by atoms with Crippen molar-refractivity contribution in [3.05, 3.63) is 41.0 Å². The minimum absolute atomic E-state index is 0.0870. The van der Waals surface area contributed by atoms with E-state index in [1.54, 1.807) is 14.0 Å². The number of amides is 1. The molecule has 2 rings (SSSR count). The number of rotatable bonds is 8. The van der Waals surface area contributed by atoms with E-state index in [4.69, 9.17) is 9.26 Å². The monoisotopic (exact) mass is 332 g/mol. The molecule has 0 saturated heterocycles. The Kier molecular flexibility index (Phi) is 6.45. The number of aromatic nitrogens is 2. The van der Waals surface area contributed by atoms with Crippen LogP contribution in [0.15, 0.2) is 22.7 Å². The molecule has 0 fully saturated rings. The van der Waals surface area contributed by atoms with Crippen LogP contribution >= 0.6 is 0 Å². The third kappa shape index (κ3) is 5.14. The van der Waals surface area contributed by atoms with Gasteiger partial charge in [0.15, 0.2) is 5.82 Å². The molecule has 0 saturated carbocycles. The lowest BCUT2D eigenvalue weighted by atomic mass is 10.1. The lowest BCUT2D eigenvalue weighted by molar-refractivity contribution is -0.117. The fourth-order valence-corrected chi connectivity index (χ4v) is 2.31. The Balaban J connectivity index is 1.99. The molecule has 0 bridgehead atoms. The summed E-state index contributed by atoms with van der Waals surface area (Å²) in [5, 5.41) is 6.73. The van der Waals surface area contributed by atoms with Gasteiger partial charge >= 0.3 is 0 Å². The predicted molar refractivity (Wildman–Crippen MR) is 90.7 cm³/mol. The fraction of sp³-hybridized carbons (Fsp3) is 0.471. The van der Waals surface area contributed by atoms with Gasteiger partial charge in [0.2, 0.25) is 11.8 Å². The Morgan fingerprint density at radius 2 is 2.12 bits per heavy atom. The van der Waals surface area contributed by atoms with E-state index in [1.807, 2.05) is 36.9 Å². The van der Waals surface area contributed by atoms with Gasteiger partial charge in [0.05, 0.1) is 19.7 Å². The summed E-state index contributed by atoms with van der Waals surface area (Å²) in [4.78, 5) is 18.5. The topological polar surface area (TPSA) is 80.5 Å².